The number of hydrogen-bond acceptors (Lipinski definition) is 6. The molecule has 0 aliphatic carbocycles. The van der Waals surface area contributed by atoms with Crippen molar-refractivity contribution in [1.82, 2.24) is 20.4 Å². The maximum Gasteiger partial charge on any atom is 0.268 e. The minimum absolute atomic E-state index is 0.325. The molecule has 0 aliphatic rings. The maximum atomic E-state index is 4.96. The van der Waals surface area contributed by atoms with Crippen LogP contribution in [0.15, 0.2) is 23.1 Å². The van der Waals surface area contributed by atoms with Crippen molar-refractivity contribution in [2.45, 2.75) is 0 Å². The molecule has 66 valence electrons. The molecule has 0 spiro atoms. The van der Waals surface area contributed by atoms with Gasteiger partial charge in [-0.05, 0) is 0 Å². The third-order valence-electron chi connectivity index (χ3n) is 1.44. The number of aromatic nitrogens is 4. The molecule has 0 saturated carbocycles. The molecule has 6 heteroatoms. The van der Waals surface area contributed by atoms with Crippen LogP contribution in [0.3, 0.4) is 0 Å². The quantitative estimate of drug-likeness (QED) is 0.667. The topological polar surface area (TPSA) is 73.9 Å². The lowest BCUT2D eigenvalue weighted by atomic mass is 10.4. The van der Waals surface area contributed by atoms with Crippen LogP contribution in [-0.4, -0.2) is 27.5 Å². The summed E-state index contributed by atoms with van der Waals surface area (Å²) >= 11 is 0. The third-order valence-corrected chi connectivity index (χ3v) is 1.44. The molecule has 2 aromatic rings. The summed E-state index contributed by atoms with van der Waals surface area (Å²) in [7, 11) is 1.55. The minimum Gasteiger partial charge on any atom is -0.495 e. The van der Waals surface area contributed by atoms with Crippen LogP contribution in [0.2, 0.25) is 0 Å². The summed E-state index contributed by atoms with van der Waals surface area (Å²) in [6, 6.07) is 1.67. The van der Waals surface area contributed by atoms with Crippen molar-refractivity contribution in [3.05, 3.63) is 18.7 Å². The van der Waals surface area contributed by atoms with Gasteiger partial charge in [-0.2, -0.15) is 5.10 Å². The van der Waals surface area contributed by atoms with Gasteiger partial charge in [0.1, 0.15) is 5.75 Å². The van der Waals surface area contributed by atoms with Gasteiger partial charge in [-0.3, -0.25) is 0 Å². The Morgan fingerprint density at radius 1 is 1.31 bits per heavy atom. The van der Waals surface area contributed by atoms with Gasteiger partial charge in [0.2, 0.25) is 6.39 Å². The van der Waals surface area contributed by atoms with E-state index in [0.29, 0.717) is 17.3 Å². The zero-order chi connectivity index (χ0) is 9.10. The normalized spacial score (nSPS) is 9.92. The Balaban J connectivity index is 2.41. The van der Waals surface area contributed by atoms with Crippen LogP contribution in [0.5, 0.6) is 5.75 Å². The van der Waals surface area contributed by atoms with E-state index in [4.69, 9.17) is 9.15 Å². The first-order valence-electron chi connectivity index (χ1n) is 3.53. The van der Waals surface area contributed by atoms with Gasteiger partial charge in [0.05, 0.1) is 13.3 Å². The Morgan fingerprint density at radius 3 is 2.92 bits per heavy atom. The van der Waals surface area contributed by atoms with Gasteiger partial charge in [-0.25, -0.2) is 0 Å². The highest BCUT2D eigenvalue weighted by Gasteiger charge is 2.06. The first-order valence-corrected chi connectivity index (χ1v) is 3.53. The van der Waals surface area contributed by atoms with Gasteiger partial charge < -0.3 is 9.15 Å². The van der Waals surface area contributed by atoms with E-state index in [1.165, 1.54) is 12.6 Å². The second kappa shape index (κ2) is 3.18. The van der Waals surface area contributed by atoms with E-state index in [9.17, 15) is 0 Å². The van der Waals surface area contributed by atoms with E-state index in [1.54, 1.807) is 13.2 Å². The molecule has 0 radical (unpaired) electrons. The molecule has 0 aliphatic heterocycles. The second-order valence-corrected chi connectivity index (χ2v) is 2.22. The van der Waals surface area contributed by atoms with Crippen molar-refractivity contribution in [3.63, 3.8) is 0 Å². The van der Waals surface area contributed by atoms with Crippen LogP contribution in [0.1, 0.15) is 0 Å². The van der Waals surface area contributed by atoms with Crippen LogP contribution < -0.4 is 4.74 Å². The Kier molecular flexibility index (Phi) is 1.87. The highest BCUT2D eigenvalue weighted by Crippen LogP contribution is 2.16. The number of rotatable bonds is 2. The van der Waals surface area contributed by atoms with E-state index in [-0.39, 0.29) is 0 Å². The van der Waals surface area contributed by atoms with Crippen LogP contribution >= 0.6 is 0 Å². The smallest absolute Gasteiger partial charge is 0.268 e. The monoisotopic (exact) mass is 178 g/mol. The Bertz CT molecular complexity index is 387. The number of ether oxygens (including phenoxy) is 1. The van der Waals surface area contributed by atoms with Gasteiger partial charge in [0, 0.05) is 6.07 Å². The van der Waals surface area contributed by atoms with Crippen molar-refractivity contribution in [2.75, 3.05) is 7.11 Å². The van der Waals surface area contributed by atoms with Gasteiger partial charge >= 0.3 is 0 Å². The fraction of sp³-hybridized carbons (Fsp3) is 0.143. The molecule has 0 N–H and O–H groups in total. The maximum absolute atomic E-state index is 4.96. The average Bonchev–Trinajstić information content (AvgIpc) is 2.71. The molecule has 13 heavy (non-hydrogen) atoms. The van der Waals surface area contributed by atoms with Crippen molar-refractivity contribution in [2.24, 2.45) is 0 Å². The molecule has 6 nitrogen and oxygen atoms in total. The summed E-state index contributed by atoms with van der Waals surface area (Å²) in [5.74, 6) is 0.926. The molecular formula is C7H6N4O2. The number of hydrogen-bond donors (Lipinski definition) is 0. The molecule has 0 amide bonds. The van der Waals surface area contributed by atoms with E-state index >= 15 is 0 Å². The molecule has 2 aromatic heterocycles. The summed E-state index contributed by atoms with van der Waals surface area (Å²) < 4.78 is 9.90. The van der Waals surface area contributed by atoms with Crippen molar-refractivity contribution in [3.8, 4) is 17.3 Å². The second-order valence-electron chi connectivity index (χ2n) is 2.22. The Hall–Kier alpha value is -1.98. The Labute approximate surface area is 73.6 Å². The van der Waals surface area contributed by atoms with Gasteiger partial charge in [-0.15, -0.1) is 15.3 Å². The van der Waals surface area contributed by atoms with E-state index in [1.807, 2.05) is 0 Å². The standard InChI is InChI=1S/C7H6N4O2/c1-12-5-2-6(10-8-3-5)7-11-9-4-13-7/h2-4H,1H3. The molecule has 0 bridgehead atoms. The highest BCUT2D eigenvalue weighted by atomic mass is 16.5. The molecule has 0 unspecified atom stereocenters. The van der Waals surface area contributed by atoms with E-state index in [2.05, 4.69) is 20.4 Å². The SMILES string of the molecule is COc1cnnc(-c2nnco2)c1. The van der Waals surface area contributed by atoms with Gasteiger partial charge in [0.15, 0.2) is 5.69 Å². The molecule has 2 heterocycles. The number of nitrogens with zero attached hydrogens (tertiary/aromatic N) is 4. The van der Waals surface area contributed by atoms with Crippen LogP contribution in [0.4, 0.5) is 0 Å². The zero-order valence-corrected chi connectivity index (χ0v) is 6.84. The van der Waals surface area contributed by atoms with Crippen LogP contribution in [-0.2, 0) is 0 Å². The summed E-state index contributed by atoms with van der Waals surface area (Å²) in [4.78, 5) is 0. The van der Waals surface area contributed by atoms with Gasteiger partial charge in [0.25, 0.3) is 5.89 Å². The zero-order valence-electron chi connectivity index (χ0n) is 6.84. The predicted octanol–water partition coefficient (Wildman–Crippen LogP) is 0.535. The average molecular weight is 178 g/mol. The van der Waals surface area contributed by atoms with E-state index in [0.717, 1.165) is 0 Å². The highest BCUT2D eigenvalue weighted by molar-refractivity contribution is 5.47. The first kappa shape index (κ1) is 7.66. The summed E-state index contributed by atoms with van der Waals surface area (Å²) in [6.07, 6.45) is 2.73. The summed E-state index contributed by atoms with van der Waals surface area (Å²) in [5.41, 5.74) is 0.497. The molecule has 0 fully saturated rings. The van der Waals surface area contributed by atoms with Crippen molar-refractivity contribution in [1.29, 1.82) is 0 Å². The third kappa shape index (κ3) is 1.46. The molecule has 0 atom stereocenters. The number of methoxy groups -OCH3 is 1. The molecule has 0 aromatic carbocycles. The van der Waals surface area contributed by atoms with Crippen molar-refractivity contribution < 1.29 is 9.15 Å². The molecular weight excluding hydrogens is 172 g/mol. The fourth-order valence-electron chi connectivity index (χ4n) is 0.850. The Morgan fingerprint density at radius 2 is 2.23 bits per heavy atom. The lowest BCUT2D eigenvalue weighted by Crippen LogP contribution is -1.90. The van der Waals surface area contributed by atoms with Crippen LogP contribution in [0.25, 0.3) is 11.6 Å². The molecule has 2 rings (SSSR count). The molecule has 0 saturated heterocycles. The first-order chi connectivity index (χ1) is 6.40. The minimum atomic E-state index is 0.325. The van der Waals surface area contributed by atoms with Gasteiger partial charge in [-0.1, -0.05) is 0 Å². The van der Waals surface area contributed by atoms with E-state index < -0.39 is 0 Å². The predicted molar refractivity (Wildman–Crippen MR) is 41.9 cm³/mol. The van der Waals surface area contributed by atoms with Crippen LogP contribution in [0, 0.1) is 0 Å². The lowest BCUT2D eigenvalue weighted by Gasteiger charge is -1.97. The lowest BCUT2D eigenvalue weighted by molar-refractivity contribution is 0.411. The largest absolute Gasteiger partial charge is 0.495 e. The summed E-state index contributed by atoms with van der Waals surface area (Å²) in [6.45, 7) is 0. The fourth-order valence-corrected chi connectivity index (χ4v) is 0.850. The summed E-state index contributed by atoms with van der Waals surface area (Å²) in [5, 5.41) is 14.7. The van der Waals surface area contributed by atoms with Crippen molar-refractivity contribution >= 4 is 0 Å².